The van der Waals surface area contributed by atoms with Crippen molar-refractivity contribution < 1.29 is 24.9 Å². The highest BCUT2D eigenvalue weighted by atomic mass is 16.5. The highest BCUT2D eigenvalue weighted by Gasteiger charge is 2.17. The van der Waals surface area contributed by atoms with Crippen molar-refractivity contribution in [2.75, 3.05) is 7.11 Å². The van der Waals surface area contributed by atoms with E-state index in [1.165, 1.54) is 7.11 Å². The van der Waals surface area contributed by atoms with Crippen molar-refractivity contribution in [1.82, 2.24) is 0 Å². The van der Waals surface area contributed by atoms with Crippen LogP contribution in [0, 0.1) is 0 Å². The fraction of sp³-hybridized carbons (Fsp3) is 0.214. The molecule has 0 saturated carbocycles. The normalized spacial score (nSPS) is 12.3. The number of phenolic OH excluding ortho intramolecular Hbond substituents is 2. The molecule has 0 heterocycles. The van der Waals surface area contributed by atoms with Crippen LogP contribution < -0.4 is 4.74 Å². The summed E-state index contributed by atoms with van der Waals surface area (Å²) in [5.41, 5.74) is 0.555. The molecule has 0 aliphatic rings. The molecule has 0 aliphatic carbocycles. The lowest BCUT2D eigenvalue weighted by molar-refractivity contribution is -0.138. The van der Waals surface area contributed by atoms with Crippen molar-refractivity contribution in [3.8, 4) is 17.2 Å². The molecule has 0 spiro atoms. The van der Waals surface area contributed by atoms with Crippen LogP contribution in [0.5, 0.6) is 17.2 Å². The molecule has 2 rings (SSSR count). The molecule has 100 valence electrons. The monoisotopic (exact) mass is 262 g/mol. The van der Waals surface area contributed by atoms with E-state index in [1.54, 1.807) is 31.2 Å². The first-order valence-corrected chi connectivity index (χ1v) is 5.71. The Morgan fingerprint density at radius 3 is 2.47 bits per heavy atom. The van der Waals surface area contributed by atoms with E-state index < -0.39 is 11.9 Å². The van der Waals surface area contributed by atoms with Gasteiger partial charge < -0.3 is 20.1 Å². The maximum atomic E-state index is 11.0. The lowest BCUT2D eigenvalue weighted by Crippen LogP contribution is -2.07. The molecule has 0 amide bonds. The zero-order valence-electron chi connectivity index (χ0n) is 10.5. The number of fused-ring (bicyclic) bond motifs is 1. The summed E-state index contributed by atoms with van der Waals surface area (Å²) in [6.07, 6.45) is 0. The summed E-state index contributed by atoms with van der Waals surface area (Å²) in [6.45, 7) is 1.56. The fourth-order valence-electron chi connectivity index (χ4n) is 1.93. The molecule has 0 radical (unpaired) electrons. The first kappa shape index (κ1) is 13.0. The number of benzene rings is 2. The van der Waals surface area contributed by atoms with Crippen molar-refractivity contribution in [3.63, 3.8) is 0 Å². The molecule has 2 aromatic rings. The smallest absolute Gasteiger partial charge is 0.310 e. The minimum atomic E-state index is -0.948. The van der Waals surface area contributed by atoms with E-state index in [0.717, 1.165) is 0 Å². The maximum absolute atomic E-state index is 11.0. The first-order chi connectivity index (χ1) is 8.95. The van der Waals surface area contributed by atoms with Gasteiger partial charge in [-0.3, -0.25) is 4.79 Å². The third-order valence-electron chi connectivity index (χ3n) is 3.17. The molecule has 3 N–H and O–H groups in total. The summed E-state index contributed by atoms with van der Waals surface area (Å²) < 4.78 is 4.95. The number of hydrogen-bond acceptors (Lipinski definition) is 4. The number of carboxylic acid groups (broad SMARTS) is 1. The Hall–Kier alpha value is -2.43. The number of hydrogen-bond donors (Lipinski definition) is 3. The Morgan fingerprint density at radius 1 is 1.21 bits per heavy atom. The average Bonchev–Trinajstić information content (AvgIpc) is 2.41. The van der Waals surface area contributed by atoms with Gasteiger partial charge in [-0.25, -0.2) is 0 Å². The Kier molecular flexibility index (Phi) is 3.21. The van der Waals surface area contributed by atoms with Crippen LogP contribution in [0.4, 0.5) is 0 Å². The van der Waals surface area contributed by atoms with E-state index in [-0.39, 0.29) is 17.2 Å². The molecule has 1 atom stereocenters. The van der Waals surface area contributed by atoms with Crippen molar-refractivity contribution >= 4 is 16.7 Å². The summed E-state index contributed by atoms with van der Waals surface area (Å²) in [7, 11) is 1.39. The van der Waals surface area contributed by atoms with Crippen molar-refractivity contribution in [3.05, 3.63) is 29.8 Å². The molecule has 1 unspecified atom stereocenters. The van der Waals surface area contributed by atoms with Crippen molar-refractivity contribution in [1.29, 1.82) is 0 Å². The van der Waals surface area contributed by atoms with Gasteiger partial charge in [-0.15, -0.1) is 0 Å². The number of aromatic hydroxyl groups is 2. The number of carboxylic acids is 1. The van der Waals surface area contributed by atoms with E-state index in [4.69, 9.17) is 9.84 Å². The van der Waals surface area contributed by atoms with Crippen LogP contribution in [0.1, 0.15) is 18.4 Å². The molecule has 0 fully saturated rings. The Labute approximate surface area is 109 Å². The first-order valence-electron chi connectivity index (χ1n) is 5.71. The summed E-state index contributed by atoms with van der Waals surface area (Å²) in [5, 5.41) is 29.7. The van der Waals surface area contributed by atoms with Gasteiger partial charge in [-0.2, -0.15) is 0 Å². The largest absolute Gasteiger partial charge is 0.504 e. The zero-order valence-corrected chi connectivity index (χ0v) is 10.5. The molecular formula is C14H14O5. The Balaban J connectivity index is 2.67. The standard InChI is InChI=1S/C14H14O5/c1-7(14(17)18)8-3-4-9-6-11(19-2)13(16)12(15)10(9)5-8/h3-7,15-16H,1-2H3,(H,17,18). The van der Waals surface area contributed by atoms with Gasteiger partial charge in [0.05, 0.1) is 13.0 Å². The molecule has 5 nitrogen and oxygen atoms in total. The second-order valence-corrected chi connectivity index (χ2v) is 4.32. The van der Waals surface area contributed by atoms with Crippen LogP contribution in [-0.2, 0) is 4.79 Å². The van der Waals surface area contributed by atoms with Crippen LogP contribution in [0.3, 0.4) is 0 Å². The molecule has 2 aromatic carbocycles. The summed E-state index contributed by atoms with van der Waals surface area (Å²) >= 11 is 0. The summed E-state index contributed by atoms with van der Waals surface area (Å²) in [4.78, 5) is 11.0. The number of aliphatic carboxylic acids is 1. The van der Waals surface area contributed by atoms with Crippen LogP contribution in [0.2, 0.25) is 0 Å². The highest BCUT2D eigenvalue weighted by molar-refractivity contribution is 5.93. The van der Waals surface area contributed by atoms with Crippen molar-refractivity contribution in [2.24, 2.45) is 0 Å². The summed E-state index contributed by atoms with van der Waals surface area (Å²) in [5.74, 6) is -2.13. The zero-order chi connectivity index (χ0) is 14.2. The van der Waals surface area contributed by atoms with Gasteiger partial charge in [0.1, 0.15) is 0 Å². The molecule has 0 bridgehead atoms. The van der Waals surface area contributed by atoms with E-state index >= 15 is 0 Å². The number of carbonyl (C=O) groups is 1. The maximum Gasteiger partial charge on any atom is 0.310 e. The topological polar surface area (TPSA) is 87.0 Å². The van der Waals surface area contributed by atoms with Crippen LogP contribution in [-0.4, -0.2) is 28.4 Å². The lowest BCUT2D eigenvalue weighted by atomic mass is 9.97. The van der Waals surface area contributed by atoms with E-state index in [9.17, 15) is 15.0 Å². The second-order valence-electron chi connectivity index (χ2n) is 4.32. The Bertz CT molecular complexity index is 648. The predicted molar refractivity (Wildman–Crippen MR) is 69.9 cm³/mol. The van der Waals surface area contributed by atoms with Gasteiger partial charge in [-0.05, 0) is 30.0 Å². The van der Waals surface area contributed by atoms with E-state index in [0.29, 0.717) is 16.3 Å². The predicted octanol–water partition coefficient (Wildman–Crippen LogP) is 2.45. The third kappa shape index (κ3) is 2.14. The van der Waals surface area contributed by atoms with Gasteiger partial charge >= 0.3 is 5.97 Å². The fourth-order valence-corrected chi connectivity index (χ4v) is 1.93. The molecular weight excluding hydrogens is 248 g/mol. The quantitative estimate of drug-likeness (QED) is 0.739. The van der Waals surface area contributed by atoms with E-state index in [1.807, 2.05) is 0 Å². The van der Waals surface area contributed by atoms with Gasteiger partial charge in [0.25, 0.3) is 0 Å². The molecule has 5 heteroatoms. The van der Waals surface area contributed by atoms with E-state index in [2.05, 4.69) is 0 Å². The molecule has 0 aliphatic heterocycles. The lowest BCUT2D eigenvalue weighted by Gasteiger charge is -2.11. The Morgan fingerprint density at radius 2 is 1.89 bits per heavy atom. The van der Waals surface area contributed by atoms with Crippen LogP contribution in [0.25, 0.3) is 10.8 Å². The molecule has 0 aromatic heterocycles. The number of methoxy groups -OCH3 is 1. The van der Waals surface area contributed by atoms with Crippen LogP contribution in [0.15, 0.2) is 24.3 Å². The second kappa shape index (κ2) is 4.68. The molecule has 0 saturated heterocycles. The van der Waals surface area contributed by atoms with Gasteiger partial charge in [-0.1, -0.05) is 12.1 Å². The van der Waals surface area contributed by atoms with Gasteiger partial charge in [0.2, 0.25) is 5.75 Å². The summed E-state index contributed by atoms with van der Waals surface area (Å²) in [6, 6.07) is 6.51. The number of rotatable bonds is 3. The minimum Gasteiger partial charge on any atom is -0.504 e. The molecule has 19 heavy (non-hydrogen) atoms. The van der Waals surface area contributed by atoms with Gasteiger partial charge in [0, 0.05) is 5.39 Å². The number of ether oxygens (including phenoxy) is 1. The third-order valence-corrected chi connectivity index (χ3v) is 3.17. The number of phenols is 2. The highest BCUT2D eigenvalue weighted by Crippen LogP contribution is 2.42. The SMILES string of the molecule is COc1cc2ccc(C(C)C(=O)O)cc2c(O)c1O. The van der Waals surface area contributed by atoms with Crippen LogP contribution >= 0.6 is 0 Å². The minimum absolute atomic E-state index is 0.170. The van der Waals surface area contributed by atoms with Gasteiger partial charge in [0.15, 0.2) is 11.5 Å². The average molecular weight is 262 g/mol. The van der Waals surface area contributed by atoms with Crippen molar-refractivity contribution in [2.45, 2.75) is 12.8 Å².